The molecule has 0 aliphatic carbocycles. The molecule has 1 N–H and O–H groups in total. The summed E-state index contributed by atoms with van der Waals surface area (Å²) in [6.07, 6.45) is 0. The second kappa shape index (κ2) is 8.37. The number of nitrogens with one attached hydrogen (secondary N) is 1. The third kappa shape index (κ3) is 3.76. The fraction of sp³-hybridized carbons (Fsp3) is 0.208. The second-order valence-electron chi connectivity index (χ2n) is 6.95. The molecular weight excluding hydrogens is 376 g/mol. The third-order valence-corrected chi connectivity index (χ3v) is 4.93. The highest BCUT2D eigenvalue weighted by Crippen LogP contribution is 2.27. The largest absolute Gasteiger partial charge is 0.457 e. The van der Waals surface area contributed by atoms with Gasteiger partial charge in [-0.25, -0.2) is 4.98 Å². The van der Waals surface area contributed by atoms with Crippen molar-refractivity contribution in [2.24, 2.45) is 0 Å². The monoisotopic (exact) mass is 400 g/mol. The Kier molecular flexibility index (Phi) is 5.48. The molecule has 0 saturated carbocycles. The molecule has 0 fully saturated rings. The lowest BCUT2D eigenvalue weighted by atomic mass is 10.0. The number of aryl methyl sites for hydroxylation is 2. The van der Waals surface area contributed by atoms with Gasteiger partial charge >= 0.3 is 0 Å². The van der Waals surface area contributed by atoms with Gasteiger partial charge in [0.05, 0.1) is 5.69 Å². The van der Waals surface area contributed by atoms with Gasteiger partial charge in [-0.3, -0.25) is 9.36 Å². The summed E-state index contributed by atoms with van der Waals surface area (Å²) in [4.78, 5) is 22.3. The number of pyridine rings is 1. The lowest BCUT2D eigenvalue weighted by molar-refractivity contribution is 0.483. The number of nitrogens with zero attached hydrogens (tertiary/aromatic N) is 3. The fourth-order valence-electron chi connectivity index (χ4n) is 3.45. The molecule has 6 heteroatoms. The van der Waals surface area contributed by atoms with Crippen molar-refractivity contribution in [3.8, 4) is 22.6 Å². The first-order valence-electron chi connectivity index (χ1n) is 10.1. The first-order valence-corrected chi connectivity index (χ1v) is 10.1. The highest BCUT2D eigenvalue weighted by atomic mass is 16.5. The number of hydrogen-bond donors (Lipinski definition) is 1. The van der Waals surface area contributed by atoms with Crippen molar-refractivity contribution in [1.29, 1.82) is 0 Å². The van der Waals surface area contributed by atoms with E-state index < -0.39 is 0 Å². The van der Waals surface area contributed by atoms with Crippen LogP contribution in [0, 0.1) is 6.92 Å². The first kappa shape index (κ1) is 19.6. The molecule has 2 aromatic carbocycles. The van der Waals surface area contributed by atoms with Crippen molar-refractivity contribution in [3.05, 3.63) is 76.7 Å². The van der Waals surface area contributed by atoms with Gasteiger partial charge in [0.15, 0.2) is 0 Å². The minimum atomic E-state index is -0.0673. The van der Waals surface area contributed by atoms with Crippen molar-refractivity contribution in [3.63, 3.8) is 0 Å². The number of aromatic nitrogens is 3. The molecule has 0 amide bonds. The van der Waals surface area contributed by atoms with Crippen molar-refractivity contribution in [2.45, 2.75) is 27.3 Å². The van der Waals surface area contributed by atoms with Crippen molar-refractivity contribution >= 4 is 17.0 Å². The smallest absolute Gasteiger partial charge is 0.260 e. The number of fused-ring (bicyclic) bond motifs is 1. The van der Waals surface area contributed by atoms with Gasteiger partial charge in [-0.1, -0.05) is 30.3 Å². The van der Waals surface area contributed by atoms with Gasteiger partial charge < -0.3 is 10.1 Å². The van der Waals surface area contributed by atoms with Crippen molar-refractivity contribution in [1.82, 2.24) is 14.5 Å². The van der Waals surface area contributed by atoms with Crippen LogP contribution in [-0.2, 0) is 6.54 Å². The molecule has 4 rings (SSSR count). The van der Waals surface area contributed by atoms with E-state index in [-0.39, 0.29) is 5.56 Å². The van der Waals surface area contributed by atoms with Gasteiger partial charge in [0.25, 0.3) is 5.56 Å². The molecular formula is C24H24N4O2. The van der Waals surface area contributed by atoms with Crippen LogP contribution >= 0.6 is 0 Å². The van der Waals surface area contributed by atoms with E-state index in [4.69, 9.17) is 4.74 Å². The van der Waals surface area contributed by atoms with Crippen LogP contribution in [0.5, 0.6) is 11.5 Å². The maximum absolute atomic E-state index is 13.2. The lowest BCUT2D eigenvalue weighted by Crippen LogP contribution is -2.23. The molecule has 0 saturated heterocycles. The average Bonchev–Trinajstić information content (AvgIpc) is 2.75. The van der Waals surface area contributed by atoms with E-state index >= 15 is 0 Å². The SMILES string of the molecule is CCNc1nc(C)c2cc(-c3ccc(Oc4ccccc4)cc3)c(=O)n(CC)c2n1. The van der Waals surface area contributed by atoms with Gasteiger partial charge in [0.1, 0.15) is 17.1 Å². The summed E-state index contributed by atoms with van der Waals surface area (Å²) in [6, 6.07) is 19.1. The van der Waals surface area contributed by atoms with E-state index in [0.29, 0.717) is 23.7 Å². The number of para-hydroxylation sites is 1. The first-order chi connectivity index (χ1) is 14.6. The van der Waals surface area contributed by atoms with Gasteiger partial charge in [0.2, 0.25) is 5.95 Å². The summed E-state index contributed by atoms with van der Waals surface area (Å²) >= 11 is 0. The molecule has 0 atom stereocenters. The molecule has 0 spiro atoms. The Balaban J connectivity index is 1.77. The van der Waals surface area contributed by atoms with Crippen LogP contribution in [0.2, 0.25) is 0 Å². The number of ether oxygens (including phenoxy) is 1. The quantitative estimate of drug-likeness (QED) is 0.493. The minimum Gasteiger partial charge on any atom is -0.457 e. The zero-order valence-electron chi connectivity index (χ0n) is 17.3. The molecule has 0 bridgehead atoms. The standard InChI is InChI=1S/C24H24N4O2/c1-4-25-24-26-16(3)20-15-21(23(29)28(5-2)22(20)27-24)17-11-13-19(14-12-17)30-18-9-7-6-8-10-18/h6-15H,4-5H2,1-3H3,(H,25,26,27). The summed E-state index contributed by atoms with van der Waals surface area (Å²) in [6.45, 7) is 7.13. The molecule has 2 heterocycles. The molecule has 6 nitrogen and oxygen atoms in total. The van der Waals surface area contributed by atoms with Crippen LogP contribution < -0.4 is 15.6 Å². The maximum Gasteiger partial charge on any atom is 0.260 e. The number of hydrogen-bond acceptors (Lipinski definition) is 5. The van der Waals surface area contributed by atoms with Crippen LogP contribution in [0.4, 0.5) is 5.95 Å². The predicted octanol–water partition coefficient (Wildman–Crippen LogP) is 5.01. The summed E-state index contributed by atoms with van der Waals surface area (Å²) in [5.41, 5.74) is 2.88. The number of anilines is 1. The van der Waals surface area contributed by atoms with Crippen LogP contribution in [0.3, 0.4) is 0 Å². The Morgan fingerprint density at radius 3 is 2.33 bits per heavy atom. The zero-order valence-corrected chi connectivity index (χ0v) is 17.3. The van der Waals surface area contributed by atoms with Crippen LogP contribution in [0.15, 0.2) is 65.5 Å². The van der Waals surface area contributed by atoms with Gasteiger partial charge in [-0.05, 0) is 56.7 Å². The molecule has 0 aliphatic heterocycles. The Morgan fingerprint density at radius 1 is 0.967 bits per heavy atom. The van der Waals surface area contributed by atoms with E-state index in [1.165, 1.54) is 0 Å². The lowest BCUT2D eigenvalue weighted by Gasteiger charge is -2.14. The summed E-state index contributed by atoms with van der Waals surface area (Å²) < 4.78 is 7.56. The minimum absolute atomic E-state index is 0.0673. The Labute approximate surface area is 175 Å². The highest BCUT2D eigenvalue weighted by Gasteiger charge is 2.15. The van der Waals surface area contributed by atoms with Gasteiger partial charge in [-0.2, -0.15) is 4.98 Å². The molecule has 30 heavy (non-hydrogen) atoms. The molecule has 152 valence electrons. The number of benzene rings is 2. The Bertz CT molecular complexity index is 1230. The van der Waals surface area contributed by atoms with Gasteiger partial charge in [0, 0.05) is 24.0 Å². The van der Waals surface area contributed by atoms with Crippen LogP contribution in [0.1, 0.15) is 19.5 Å². The molecule has 4 aromatic rings. The maximum atomic E-state index is 13.2. The Hall–Kier alpha value is -3.67. The highest BCUT2D eigenvalue weighted by molar-refractivity contribution is 5.84. The topological polar surface area (TPSA) is 69.0 Å². The van der Waals surface area contributed by atoms with Crippen LogP contribution in [0.25, 0.3) is 22.2 Å². The van der Waals surface area contributed by atoms with E-state index in [1.54, 1.807) is 4.57 Å². The van der Waals surface area contributed by atoms with Gasteiger partial charge in [-0.15, -0.1) is 0 Å². The molecule has 0 unspecified atom stereocenters. The van der Waals surface area contributed by atoms with E-state index in [2.05, 4.69) is 15.3 Å². The van der Waals surface area contributed by atoms with Crippen molar-refractivity contribution in [2.75, 3.05) is 11.9 Å². The van der Waals surface area contributed by atoms with Crippen LogP contribution in [-0.4, -0.2) is 21.1 Å². The summed E-state index contributed by atoms with van der Waals surface area (Å²) in [5.74, 6) is 2.03. The zero-order chi connectivity index (χ0) is 21.1. The predicted molar refractivity (Wildman–Crippen MR) is 120 cm³/mol. The Morgan fingerprint density at radius 2 is 1.67 bits per heavy atom. The fourth-order valence-corrected chi connectivity index (χ4v) is 3.45. The average molecular weight is 400 g/mol. The van der Waals surface area contributed by atoms with E-state index in [1.807, 2.05) is 81.4 Å². The molecule has 2 aromatic heterocycles. The molecule has 0 aliphatic rings. The summed E-state index contributed by atoms with van der Waals surface area (Å²) in [7, 11) is 0. The normalized spacial score (nSPS) is 10.9. The number of rotatable bonds is 6. The third-order valence-electron chi connectivity index (χ3n) is 4.93. The summed E-state index contributed by atoms with van der Waals surface area (Å²) in [5, 5.41) is 4.01. The van der Waals surface area contributed by atoms with Crippen molar-refractivity contribution < 1.29 is 4.74 Å². The van der Waals surface area contributed by atoms with E-state index in [9.17, 15) is 4.79 Å². The molecule has 0 radical (unpaired) electrons. The van der Waals surface area contributed by atoms with E-state index in [0.717, 1.165) is 34.7 Å². The second-order valence-corrected chi connectivity index (χ2v) is 6.95.